The van der Waals surface area contributed by atoms with E-state index >= 15 is 0 Å². The van der Waals surface area contributed by atoms with Crippen molar-refractivity contribution in [1.82, 2.24) is 19.9 Å². The molecule has 1 aromatic carbocycles. The van der Waals surface area contributed by atoms with E-state index in [1.807, 2.05) is 63.2 Å². The van der Waals surface area contributed by atoms with Crippen LogP contribution in [0, 0.1) is 5.82 Å². The van der Waals surface area contributed by atoms with E-state index in [1.165, 1.54) is 0 Å². The Morgan fingerprint density at radius 1 is 1.06 bits per heavy atom. The SMILES string of the molecule is CC(C)(C)OC(=O)N1CCN(c2ccc(Nc3nc(NCc4ccccn4)ncc3F)cc2)CC1. The summed E-state index contributed by atoms with van der Waals surface area (Å²) in [5.74, 6) is -0.156. The zero-order valence-electron chi connectivity index (χ0n) is 20.2. The van der Waals surface area contributed by atoms with Crippen LogP contribution in [0.2, 0.25) is 0 Å². The number of hydrogen-bond donors (Lipinski definition) is 2. The molecule has 9 nitrogen and oxygen atoms in total. The number of nitrogens with zero attached hydrogens (tertiary/aromatic N) is 5. The molecule has 0 atom stereocenters. The highest BCUT2D eigenvalue weighted by atomic mass is 19.1. The number of piperazine rings is 1. The third-order valence-corrected chi connectivity index (χ3v) is 5.32. The first kappa shape index (κ1) is 24.2. The van der Waals surface area contributed by atoms with E-state index in [-0.39, 0.29) is 11.9 Å². The molecule has 1 fully saturated rings. The predicted octanol–water partition coefficient (Wildman–Crippen LogP) is 4.42. The largest absolute Gasteiger partial charge is 0.444 e. The van der Waals surface area contributed by atoms with Gasteiger partial charge in [0.1, 0.15) is 5.60 Å². The average Bonchev–Trinajstić information content (AvgIpc) is 2.85. The lowest BCUT2D eigenvalue weighted by atomic mass is 10.2. The van der Waals surface area contributed by atoms with Gasteiger partial charge in [0.05, 0.1) is 18.4 Å². The Labute approximate surface area is 204 Å². The summed E-state index contributed by atoms with van der Waals surface area (Å²) < 4.78 is 19.8. The van der Waals surface area contributed by atoms with Gasteiger partial charge in [0.2, 0.25) is 5.95 Å². The van der Waals surface area contributed by atoms with Gasteiger partial charge in [-0.15, -0.1) is 0 Å². The number of benzene rings is 1. The highest BCUT2D eigenvalue weighted by molar-refractivity contribution is 5.69. The van der Waals surface area contributed by atoms with Gasteiger partial charge in [-0.2, -0.15) is 4.98 Å². The summed E-state index contributed by atoms with van der Waals surface area (Å²) in [5.41, 5.74) is 2.06. The second-order valence-electron chi connectivity index (χ2n) is 9.19. The summed E-state index contributed by atoms with van der Waals surface area (Å²) >= 11 is 0. The van der Waals surface area contributed by atoms with Gasteiger partial charge in [0, 0.05) is 43.8 Å². The number of hydrogen-bond acceptors (Lipinski definition) is 8. The number of halogens is 1. The van der Waals surface area contributed by atoms with Gasteiger partial charge in [0.15, 0.2) is 11.6 Å². The number of pyridine rings is 1. The molecule has 0 aliphatic carbocycles. The fourth-order valence-corrected chi connectivity index (χ4v) is 3.58. The van der Waals surface area contributed by atoms with E-state index in [2.05, 4.69) is 30.5 Å². The first-order chi connectivity index (χ1) is 16.8. The van der Waals surface area contributed by atoms with Crippen molar-refractivity contribution in [3.05, 3.63) is 66.4 Å². The van der Waals surface area contributed by atoms with Gasteiger partial charge < -0.3 is 25.2 Å². The Bertz CT molecular complexity index is 1130. The minimum absolute atomic E-state index is 0.0854. The van der Waals surface area contributed by atoms with Crippen molar-refractivity contribution in [3.8, 4) is 0 Å². The van der Waals surface area contributed by atoms with E-state index in [4.69, 9.17) is 4.74 Å². The number of aromatic nitrogens is 3. The second-order valence-corrected chi connectivity index (χ2v) is 9.19. The van der Waals surface area contributed by atoms with Crippen molar-refractivity contribution in [1.29, 1.82) is 0 Å². The van der Waals surface area contributed by atoms with E-state index in [0.29, 0.717) is 44.4 Å². The Hall–Kier alpha value is -3.95. The molecule has 1 amide bonds. The zero-order chi connectivity index (χ0) is 24.8. The lowest BCUT2D eigenvalue weighted by molar-refractivity contribution is 0.0240. The Balaban J connectivity index is 1.33. The van der Waals surface area contributed by atoms with Gasteiger partial charge in [-0.25, -0.2) is 14.2 Å². The van der Waals surface area contributed by atoms with Crippen molar-refractivity contribution in [2.75, 3.05) is 41.7 Å². The third kappa shape index (κ3) is 6.78. The molecule has 1 aliphatic heterocycles. The van der Waals surface area contributed by atoms with Crippen LogP contribution in [0.3, 0.4) is 0 Å². The standard InChI is InChI=1S/C25H30FN7O2/c1-25(2,3)35-24(34)33-14-12-32(13-15-33)20-9-7-18(8-10-20)30-22-21(26)17-29-23(31-22)28-16-19-6-4-5-11-27-19/h4-11,17H,12-16H2,1-3H3,(H2,28,29,30,31). The third-order valence-electron chi connectivity index (χ3n) is 5.32. The van der Waals surface area contributed by atoms with Crippen LogP contribution >= 0.6 is 0 Å². The van der Waals surface area contributed by atoms with Gasteiger partial charge in [-0.3, -0.25) is 4.98 Å². The van der Waals surface area contributed by atoms with Crippen LogP contribution in [0.15, 0.2) is 54.9 Å². The molecule has 0 radical (unpaired) electrons. The van der Waals surface area contributed by atoms with Crippen molar-refractivity contribution in [2.24, 2.45) is 0 Å². The summed E-state index contributed by atoms with van der Waals surface area (Å²) in [6, 6.07) is 13.3. The smallest absolute Gasteiger partial charge is 0.410 e. The van der Waals surface area contributed by atoms with Crippen molar-refractivity contribution >= 4 is 29.2 Å². The number of rotatable bonds is 6. The fraction of sp³-hybridized carbons (Fsp3) is 0.360. The molecule has 1 saturated heterocycles. The molecule has 0 bridgehead atoms. The molecule has 35 heavy (non-hydrogen) atoms. The monoisotopic (exact) mass is 479 g/mol. The predicted molar refractivity (Wildman–Crippen MR) is 133 cm³/mol. The molecular weight excluding hydrogens is 449 g/mol. The molecule has 2 aromatic heterocycles. The first-order valence-corrected chi connectivity index (χ1v) is 11.5. The van der Waals surface area contributed by atoms with E-state index in [0.717, 1.165) is 17.6 Å². The maximum Gasteiger partial charge on any atom is 0.410 e. The van der Waals surface area contributed by atoms with Gasteiger partial charge >= 0.3 is 6.09 Å². The van der Waals surface area contributed by atoms with E-state index in [9.17, 15) is 9.18 Å². The van der Waals surface area contributed by atoms with Crippen LogP contribution in [-0.2, 0) is 11.3 Å². The quantitative estimate of drug-likeness (QED) is 0.536. The molecule has 0 saturated carbocycles. The summed E-state index contributed by atoms with van der Waals surface area (Å²) in [7, 11) is 0. The van der Waals surface area contributed by atoms with Gasteiger partial charge in [-0.05, 0) is 57.2 Å². The number of carbonyl (C=O) groups is 1. The molecule has 4 rings (SSSR count). The van der Waals surface area contributed by atoms with Crippen LogP contribution in [0.25, 0.3) is 0 Å². The summed E-state index contributed by atoms with van der Waals surface area (Å²) in [6.07, 6.45) is 2.56. The maximum absolute atomic E-state index is 14.3. The molecule has 0 spiro atoms. The highest BCUT2D eigenvalue weighted by Gasteiger charge is 2.26. The molecule has 0 unspecified atom stereocenters. The number of ether oxygens (including phenoxy) is 1. The molecule has 3 aromatic rings. The molecule has 2 N–H and O–H groups in total. The Morgan fingerprint density at radius 3 is 2.46 bits per heavy atom. The van der Waals surface area contributed by atoms with Crippen molar-refractivity contribution in [2.45, 2.75) is 32.9 Å². The van der Waals surface area contributed by atoms with Crippen molar-refractivity contribution < 1.29 is 13.9 Å². The molecular formula is C25H30FN7O2. The number of nitrogens with one attached hydrogen (secondary N) is 2. The van der Waals surface area contributed by atoms with Crippen LogP contribution in [0.4, 0.5) is 32.3 Å². The maximum atomic E-state index is 14.3. The first-order valence-electron chi connectivity index (χ1n) is 11.5. The minimum atomic E-state index is -0.546. The lowest BCUT2D eigenvalue weighted by Crippen LogP contribution is -2.50. The van der Waals surface area contributed by atoms with E-state index in [1.54, 1.807) is 11.1 Å². The van der Waals surface area contributed by atoms with E-state index < -0.39 is 11.4 Å². The summed E-state index contributed by atoms with van der Waals surface area (Å²) in [6.45, 7) is 8.62. The highest BCUT2D eigenvalue weighted by Crippen LogP contribution is 2.23. The molecule has 10 heteroatoms. The van der Waals surface area contributed by atoms with Gasteiger partial charge in [0.25, 0.3) is 0 Å². The normalized spacial score (nSPS) is 13.9. The lowest BCUT2D eigenvalue weighted by Gasteiger charge is -2.36. The average molecular weight is 480 g/mol. The molecule has 3 heterocycles. The van der Waals surface area contributed by atoms with Gasteiger partial charge in [-0.1, -0.05) is 6.07 Å². The minimum Gasteiger partial charge on any atom is -0.444 e. The Morgan fingerprint density at radius 2 is 1.80 bits per heavy atom. The summed E-state index contributed by atoms with van der Waals surface area (Å²) in [4.78, 5) is 28.7. The van der Waals surface area contributed by atoms with Crippen molar-refractivity contribution in [3.63, 3.8) is 0 Å². The van der Waals surface area contributed by atoms with Crippen LogP contribution < -0.4 is 15.5 Å². The van der Waals surface area contributed by atoms with Crippen LogP contribution in [0.1, 0.15) is 26.5 Å². The number of carbonyl (C=O) groups excluding carboxylic acids is 1. The van der Waals surface area contributed by atoms with Crippen LogP contribution in [-0.4, -0.2) is 57.7 Å². The number of amides is 1. The summed E-state index contributed by atoms with van der Waals surface area (Å²) in [5, 5.41) is 6.07. The second kappa shape index (κ2) is 10.5. The molecule has 1 aliphatic rings. The topological polar surface area (TPSA) is 95.5 Å². The fourth-order valence-electron chi connectivity index (χ4n) is 3.58. The molecule has 184 valence electrons. The number of anilines is 4. The van der Waals surface area contributed by atoms with Crippen LogP contribution in [0.5, 0.6) is 0 Å². The Kier molecular flexibility index (Phi) is 7.28. The zero-order valence-corrected chi connectivity index (χ0v) is 20.2.